The van der Waals surface area contributed by atoms with Crippen molar-refractivity contribution in [2.45, 2.75) is 61.9 Å². The lowest BCUT2D eigenvalue weighted by atomic mass is 9.75. The summed E-state index contributed by atoms with van der Waals surface area (Å²) in [6.45, 7) is 0.147. The summed E-state index contributed by atoms with van der Waals surface area (Å²) in [5, 5.41) is 4.91. The number of carbonyl (C=O) groups excluding carboxylic acids is 4. The Morgan fingerprint density at radius 2 is 2.03 bits per heavy atom. The summed E-state index contributed by atoms with van der Waals surface area (Å²) in [5.41, 5.74) is -1.57. The van der Waals surface area contributed by atoms with E-state index in [-0.39, 0.29) is 43.0 Å². The number of amides is 4. The van der Waals surface area contributed by atoms with E-state index in [0.717, 1.165) is 0 Å². The van der Waals surface area contributed by atoms with Gasteiger partial charge >= 0.3 is 0 Å². The van der Waals surface area contributed by atoms with Crippen LogP contribution < -0.4 is 10.6 Å². The fourth-order valence-corrected chi connectivity index (χ4v) is 5.48. The fraction of sp³-hybridized carbons (Fsp3) is 0.400. The SMILES string of the molecule is O=C1CC[C@H](N2Cc3cc(C(=O)N[C@H](c4ncccc4F)C4(F)CCC4)ccc3C2=O)C([Si])C(=O)N1. The molecule has 3 aliphatic rings. The normalized spacial score (nSPS) is 23.9. The predicted octanol–water partition coefficient (Wildman–Crippen LogP) is 2.30. The lowest BCUT2D eigenvalue weighted by Gasteiger charge is -2.40. The molecule has 185 valence electrons. The van der Waals surface area contributed by atoms with Gasteiger partial charge in [-0.15, -0.1) is 0 Å². The van der Waals surface area contributed by atoms with Crippen molar-refractivity contribution in [2.75, 3.05) is 0 Å². The zero-order chi connectivity index (χ0) is 25.6. The smallest absolute Gasteiger partial charge is 0.254 e. The number of alkyl halides is 1. The molecule has 1 aromatic carbocycles. The molecule has 1 aliphatic carbocycles. The van der Waals surface area contributed by atoms with E-state index in [2.05, 4.69) is 25.9 Å². The van der Waals surface area contributed by atoms with Crippen LogP contribution in [0.25, 0.3) is 0 Å². The van der Waals surface area contributed by atoms with Gasteiger partial charge in [-0.3, -0.25) is 29.5 Å². The summed E-state index contributed by atoms with van der Waals surface area (Å²) in [6, 6.07) is 5.30. The Morgan fingerprint density at radius 1 is 1.25 bits per heavy atom. The monoisotopic (exact) mass is 509 g/mol. The minimum absolute atomic E-state index is 0.0988. The molecule has 1 saturated carbocycles. The first-order chi connectivity index (χ1) is 17.2. The van der Waals surface area contributed by atoms with Crippen LogP contribution in [-0.4, -0.2) is 55.5 Å². The highest BCUT2D eigenvalue weighted by atomic mass is 28.1. The first kappa shape index (κ1) is 24.2. The summed E-state index contributed by atoms with van der Waals surface area (Å²) in [4.78, 5) is 55.7. The van der Waals surface area contributed by atoms with E-state index in [4.69, 9.17) is 0 Å². The number of halogens is 2. The van der Waals surface area contributed by atoms with E-state index in [9.17, 15) is 23.6 Å². The number of carbonyl (C=O) groups is 4. The van der Waals surface area contributed by atoms with E-state index in [1.807, 2.05) is 0 Å². The van der Waals surface area contributed by atoms with Crippen LogP contribution in [0.15, 0.2) is 36.5 Å². The Morgan fingerprint density at radius 3 is 2.72 bits per heavy atom. The van der Waals surface area contributed by atoms with Crippen molar-refractivity contribution in [3.8, 4) is 0 Å². The number of aromatic nitrogens is 1. The number of imide groups is 1. The van der Waals surface area contributed by atoms with Gasteiger partial charge in [-0.05, 0) is 61.6 Å². The van der Waals surface area contributed by atoms with E-state index in [1.165, 1.54) is 35.4 Å². The number of benzene rings is 1. The second-order valence-corrected chi connectivity index (χ2v) is 10.1. The molecule has 1 saturated heterocycles. The molecule has 2 aromatic rings. The second kappa shape index (κ2) is 9.19. The molecular formula is C25H23F2N4O4Si. The molecule has 2 aliphatic heterocycles. The highest BCUT2D eigenvalue weighted by Gasteiger charge is 2.48. The maximum absolute atomic E-state index is 15.4. The molecule has 11 heteroatoms. The van der Waals surface area contributed by atoms with Crippen molar-refractivity contribution in [3.05, 3.63) is 64.7 Å². The van der Waals surface area contributed by atoms with E-state index in [0.29, 0.717) is 24.0 Å². The van der Waals surface area contributed by atoms with Gasteiger partial charge in [0.25, 0.3) is 11.8 Å². The van der Waals surface area contributed by atoms with Gasteiger partial charge in [0.15, 0.2) is 0 Å². The zero-order valence-electron chi connectivity index (χ0n) is 19.2. The number of pyridine rings is 1. The molecule has 1 unspecified atom stereocenters. The third-order valence-corrected chi connectivity index (χ3v) is 7.88. The Labute approximate surface area is 209 Å². The largest absolute Gasteiger partial charge is 0.340 e. The second-order valence-electron chi connectivity index (χ2n) is 9.47. The maximum atomic E-state index is 15.4. The summed E-state index contributed by atoms with van der Waals surface area (Å²) in [5.74, 6) is -2.52. The third-order valence-electron chi connectivity index (χ3n) is 7.23. The Balaban J connectivity index is 1.38. The lowest BCUT2D eigenvalue weighted by molar-refractivity contribution is -0.129. The van der Waals surface area contributed by atoms with Crippen LogP contribution in [0.4, 0.5) is 8.78 Å². The first-order valence-electron chi connectivity index (χ1n) is 11.8. The molecule has 5 rings (SSSR count). The van der Waals surface area contributed by atoms with Gasteiger partial charge in [-0.1, -0.05) is 0 Å². The minimum atomic E-state index is -1.80. The molecule has 2 fully saturated rings. The summed E-state index contributed by atoms with van der Waals surface area (Å²) in [7, 11) is 3.37. The van der Waals surface area contributed by atoms with E-state index in [1.54, 1.807) is 6.07 Å². The predicted molar refractivity (Wildman–Crippen MR) is 124 cm³/mol. The standard InChI is InChI=1S/C25H23F2N4O4Si/c26-16-3-1-10-28-19(16)21(25(27)8-2-9-25)30-22(33)13-4-5-15-14(11-13)12-31(24(15)35)17-6-7-18(32)29-23(34)20(17)36/h1,3-5,10-11,17,20-21H,2,6-9,12H2,(H,30,33)(H,29,32,34)/t17-,20?,21+/m0/s1. The van der Waals surface area contributed by atoms with Gasteiger partial charge in [-0.25, -0.2) is 8.78 Å². The molecular weight excluding hydrogens is 486 g/mol. The average Bonchev–Trinajstić information content (AvgIpc) is 3.10. The van der Waals surface area contributed by atoms with Crippen molar-refractivity contribution in [1.82, 2.24) is 20.5 Å². The van der Waals surface area contributed by atoms with Gasteiger partial charge in [0.2, 0.25) is 11.8 Å². The molecule has 4 amide bonds. The van der Waals surface area contributed by atoms with E-state index >= 15 is 4.39 Å². The Hall–Kier alpha value is -3.47. The van der Waals surface area contributed by atoms with Gasteiger partial charge in [-0.2, -0.15) is 0 Å². The molecule has 3 heterocycles. The van der Waals surface area contributed by atoms with Crippen molar-refractivity contribution >= 4 is 33.9 Å². The van der Waals surface area contributed by atoms with Gasteiger partial charge in [0, 0.05) is 52.1 Å². The van der Waals surface area contributed by atoms with Crippen LogP contribution >= 0.6 is 0 Å². The molecule has 2 N–H and O–H groups in total. The van der Waals surface area contributed by atoms with Crippen molar-refractivity contribution in [1.29, 1.82) is 0 Å². The van der Waals surface area contributed by atoms with Crippen molar-refractivity contribution in [2.24, 2.45) is 0 Å². The highest BCUT2D eigenvalue weighted by molar-refractivity contribution is 6.26. The van der Waals surface area contributed by atoms with Crippen LogP contribution in [0.2, 0.25) is 5.54 Å². The fourth-order valence-electron chi connectivity index (χ4n) is 5.06. The van der Waals surface area contributed by atoms with Crippen LogP contribution in [0, 0.1) is 5.82 Å². The maximum Gasteiger partial charge on any atom is 0.254 e. The Bertz CT molecular complexity index is 1270. The minimum Gasteiger partial charge on any atom is -0.340 e. The van der Waals surface area contributed by atoms with Crippen LogP contribution in [-0.2, 0) is 16.1 Å². The number of fused-ring (bicyclic) bond motifs is 1. The number of hydrogen-bond donors (Lipinski definition) is 2. The number of rotatable bonds is 5. The van der Waals surface area contributed by atoms with E-state index < -0.39 is 46.8 Å². The average molecular weight is 510 g/mol. The summed E-state index contributed by atoms with van der Waals surface area (Å²) >= 11 is 0. The quantitative estimate of drug-likeness (QED) is 0.475. The van der Waals surface area contributed by atoms with Crippen molar-refractivity contribution < 1.29 is 28.0 Å². The van der Waals surface area contributed by atoms with Gasteiger partial charge < -0.3 is 10.2 Å². The zero-order valence-corrected chi connectivity index (χ0v) is 20.2. The lowest BCUT2D eigenvalue weighted by Crippen LogP contribution is -2.48. The number of hydrogen-bond acceptors (Lipinski definition) is 5. The summed E-state index contributed by atoms with van der Waals surface area (Å²) < 4.78 is 29.9. The van der Waals surface area contributed by atoms with Gasteiger partial charge in [0.05, 0.1) is 0 Å². The molecule has 8 nitrogen and oxygen atoms in total. The molecule has 3 radical (unpaired) electrons. The molecule has 0 spiro atoms. The molecule has 3 atom stereocenters. The summed E-state index contributed by atoms with van der Waals surface area (Å²) in [6.07, 6.45) is 2.76. The number of nitrogens with one attached hydrogen (secondary N) is 2. The first-order valence-corrected chi connectivity index (χ1v) is 12.3. The third kappa shape index (κ3) is 4.21. The Kier molecular flexibility index (Phi) is 6.19. The van der Waals surface area contributed by atoms with Crippen LogP contribution in [0.3, 0.4) is 0 Å². The highest BCUT2D eigenvalue weighted by Crippen LogP contribution is 2.45. The van der Waals surface area contributed by atoms with Crippen LogP contribution in [0.5, 0.6) is 0 Å². The molecule has 1 aromatic heterocycles. The van der Waals surface area contributed by atoms with Gasteiger partial charge in [0.1, 0.15) is 23.2 Å². The molecule has 36 heavy (non-hydrogen) atoms. The topological polar surface area (TPSA) is 108 Å². The van der Waals surface area contributed by atoms with Crippen molar-refractivity contribution in [3.63, 3.8) is 0 Å². The van der Waals surface area contributed by atoms with Crippen LogP contribution in [0.1, 0.15) is 70.1 Å². The molecule has 0 bridgehead atoms. The number of nitrogens with zero attached hydrogens (tertiary/aromatic N) is 2.